The van der Waals surface area contributed by atoms with Crippen molar-refractivity contribution in [2.75, 3.05) is 11.1 Å². The number of hydrogen-bond acceptors (Lipinski definition) is 5. The van der Waals surface area contributed by atoms with Gasteiger partial charge in [0.15, 0.2) is 5.16 Å². The number of benzene rings is 3. The molecule has 0 aliphatic rings. The third kappa shape index (κ3) is 3.93. The summed E-state index contributed by atoms with van der Waals surface area (Å²) in [5.41, 5.74) is 2.45. The smallest absolute Gasteiger partial charge is 0.267 e. The Morgan fingerprint density at radius 1 is 1.09 bits per heavy atom. The lowest BCUT2D eigenvalue weighted by Crippen LogP contribution is -2.22. The van der Waals surface area contributed by atoms with Gasteiger partial charge in [0.25, 0.3) is 5.56 Å². The topological polar surface area (TPSA) is 81.3 Å². The second-order valence-electron chi connectivity index (χ2n) is 7.53. The Bertz CT molecular complexity index is 1630. The summed E-state index contributed by atoms with van der Waals surface area (Å²) in [6.07, 6.45) is 0. The molecule has 170 valence electrons. The molecule has 7 nitrogen and oxygen atoms in total. The second-order valence-corrected chi connectivity index (χ2v) is 8.88. The lowest BCUT2D eigenvalue weighted by molar-refractivity contribution is -0.113. The second kappa shape index (κ2) is 8.92. The number of carbonyl (C=O) groups excluding carboxylic acids is 1. The molecule has 0 saturated carbocycles. The number of rotatable bonds is 5. The Labute approximate surface area is 202 Å². The van der Waals surface area contributed by atoms with Gasteiger partial charge in [-0.15, -0.1) is 10.2 Å². The van der Waals surface area contributed by atoms with Crippen LogP contribution in [0, 0.1) is 12.7 Å². The van der Waals surface area contributed by atoms with Crippen molar-refractivity contribution in [3.05, 3.63) is 93.5 Å². The van der Waals surface area contributed by atoms with Crippen LogP contribution < -0.4 is 10.9 Å². The van der Waals surface area contributed by atoms with Crippen molar-refractivity contribution in [3.8, 4) is 5.69 Å². The first-order chi connectivity index (χ1) is 16.4. The maximum atomic E-state index is 13.4. The largest absolute Gasteiger partial charge is 0.325 e. The highest BCUT2D eigenvalue weighted by atomic mass is 35.5. The minimum absolute atomic E-state index is 0.0214. The number of halogens is 2. The van der Waals surface area contributed by atoms with Crippen LogP contribution in [0.25, 0.3) is 22.4 Å². The van der Waals surface area contributed by atoms with E-state index < -0.39 is 5.82 Å². The molecule has 3 aromatic carbocycles. The molecule has 0 aliphatic heterocycles. The number of aryl methyl sites for hydroxylation is 1. The van der Waals surface area contributed by atoms with E-state index in [1.54, 1.807) is 16.5 Å². The van der Waals surface area contributed by atoms with E-state index in [9.17, 15) is 14.0 Å². The molecule has 0 atom stereocenters. The molecule has 10 heteroatoms. The van der Waals surface area contributed by atoms with Crippen LogP contribution in [0.4, 0.5) is 10.1 Å². The van der Waals surface area contributed by atoms with Crippen LogP contribution in [0.3, 0.4) is 0 Å². The number of fused-ring (bicyclic) bond motifs is 3. The molecule has 34 heavy (non-hydrogen) atoms. The molecule has 1 N–H and O–H groups in total. The summed E-state index contributed by atoms with van der Waals surface area (Å²) >= 11 is 6.96. The van der Waals surface area contributed by atoms with Gasteiger partial charge in [-0.25, -0.2) is 8.96 Å². The summed E-state index contributed by atoms with van der Waals surface area (Å²) in [6.45, 7) is 1.92. The van der Waals surface area contributed by atoms with Crippen LogP contribution in [0.5, 0.6) is 0 Å². The van der Waals surface area contributed by atoms with Gasteiger partial charge < -0.3 is 5.32 Å². The SMILES string of the molecule is Cc1ccccc1-n1c(=O)c2ccccc2n2c(SCC(=O)Nc3ccc(F)c(Cl)c3)nnc12. The summed E-state index contributed by atoms with van der Waals surface area (Å²) in [6, 6.07) is 18.7. The molecule has 0 radical (unpaired) electrons. The Kier molecular flexibility index (Phi) is 5.80. The predicted octanol–water partition coefficient (Wildman–Crippen LogP) is 4.87. The fourth-order valence-corrected chi connectivity index (χ4v) is 4.63. The van der Waals surface area contributed by atoms with Gasteiger partial charge in [-0.2, -0.15) is 0 Å². The zero-order valence-electron chi connectivity index (χ0n) is 17.8. The van der Waals surface area contributed by atoms with Crippen molar-refractivity contribution >= 4 is 51.6 Å². The summed E-state index contributed by atoms with van der Waals surface area (Å²) in [7, 11) is 0. The number of aromatic nitrogens is 4. The molecule has 0 spiro atoms. The minimum Gasteiger partial charge on any atom is -0.325 e. The zero-order valence-corrected chi connectivity index (χ0v) is 19.4. The van der Waals surface area contributed by atoms with Crippen LogP contribution >= 0.6 is 23.4 Å². The van der Waals surface area contributed by atoms with Crippen molar-refractivity contribution in [2.24, 2.45) is 0 Å². The lowest BCUT2D eigenvalue weighted by atomic mass is 10.2. The highest BCUT2D eigenvalue weighted by Crippen LogP contribution is 2.25. The third-order valence-corrected chi connectivity index (χ3v) is 6.51. The van der Waals surface area contributed by atoms with Gasteiger partial charge in [0, 0.05) is 5.69 Å². The molecule has 5 aromatic rings. The highest BCUT2D eigenvalue weighted by molar-refractivity contribution is 7.99. The minimum atomic E-state index is -0.560. The lowest BCUT2D eigenvalue weighted by Gasteiger charge is -2.13. The fraction of sp³-hybridized carbons (Fsp3) is 0.0833. The van der Waals surface area contributed by atoms with Crippen molar-refractivity contribution in [1.29, 1.82) is 0 Å². The number of hydrogen-bond donors (Lipinski definition) is 1. The number of nitrogens with one attached hydrogen (secondary N) is 1. The van der Waals surface area contributed by atoms with E-state index in [-0.39, 0.29) is 22.2 Å². The van der Waals surface area contributed by atoms with Gasteiger partial charge in [-0.05, 0) is 48.9 Å². The number of para-hydroxylation sites is 2. The quantitative estimate of drug-likeness (QED) is 0.353. The Hall–Kier alpha value is -3.69. The Morgan fingerprint density at radius 3 is 2.65 bits per heavy atom. The third-order valence-electron chi connectivity index (χ3n) is 5.29. The van der Waals surface area contributed by atoms with Gasteiger partial charge in [0.1, 0.15) is 5.82 Å². The van der Waals surface area contributed by atoms with Crippen molar-refractivity contribution in [1.82, 2.24) is 19.2 Å². The Balaban J connectivity index is 1.54. The van der Waals surface area contributed by atoms with E-state index in [4.69, 9.17) is 11.6 Å². The molecule has 0 unspecified atom stereocenters. The van der Waals surface area contributed by atoms with Crippen LogP contribution in [-0.2, 0) is 4.79 Å². The fourth-order valence-electron chi connectivity index (χ4n) is 3.70. The molecular weight excluding hydrogens is 477 g/mol. The number of nitrogens with zero attached hydrogens (tertiary/aromatic N) is 4. The van der Waals surface area contributed by atoms with Crippen LogP contribution in [0.15, 0.2) is 76.7 Å². The van der Waals surface area contributed by atoms with Gasteiger partial charge in [0.2, 0.25) is 11.7 Å². The van der Waals surface area contributed by atoms with Crippen molar-refractivity contribution < 1.29 is 9.18 Å². The molecule has 0 fully saturated rings. The van der Waals surface area contributed by atoms with E-state index in [2.05, 4.69) is 15.5 Å². The summed E-state index contributed by atoms with van der Waals surface area (Å²) < 4.78 is 16.7. The first kappa shape index (κ1) is 22.1. The highest BCUT2D eigenvalue weighted by Gasteiger charge is 2.19. The summed E-state index contributed by atoms with van der Waals surface area (Å²) in [5.74, 6) is -0.504. The normalized spacial score (nSPS) is 11.3. The first-order valence-corrected chi connectivity index (χ1v) is 11.6. The van der Waals surface area contributed by atoms with Crippen molar-refractivity contribution in [2.45, 2.75) is 12.1 Å². The number of amides is 1. The predicted molar refractivity (Wildman–Crippen MR) is 132 cm³/mol. The van der Waals surface area contributed by atoms with E-state index in [1.165, 1.54) is 34.5 Å². The number of thioether (sulfide) groups is 1. The standard InChI is InChI=1S/C24H17ClFN5O2S/c1-14-6-2-4-8-19(14)30-22(33)16-7-3-5-9-20(16)31-23(30)28-29-24(31)34-13-21(32)27-15-10-11-18(26)17(25)12-15/h2-12H,13H2,1H3,(H,27,32). The maximum absolute atomic E-state index is 13.4. The van der Waals surface area contributed by atoms with Gasteiger partial charge in [0.05, 0.1) is 27.4 Å². The van der Waals surface area contributed by atoms with Gasteiger partial charge >= 0.3 is 0 Å². The first-order valence-electron chi connectivity index (χ1n) is 10.3. The Morgan fingerprint density at radius 2 is 1.85 bits per heavy atom. The number of carbonyl (C=O) groups is 1. The molecular formula is C24H17ClFN5O2S. The monoisotopic (exact) mass is 493 g/mol. The molecule has 5 rings (SSSR count). The zero-order chi connectivity index (χ0) is 23.8. The molecule has 0 saturated heterocycles. The molecule has 1 amide bonds. The average Bonchev–Trinajstić information content (AvgIpc) is 3.25. The summed E-state index contributed by atoms with van der Waals surface area (Å²) in [5, 5.41) is 12.1. The van der Waals surface area contributed by atoms with Crippen LogP contribution in [-0.4, -0.2) is 30.8 Å². The van der Waals surface area contributed by atoms with Gasteiger partial charge in [-0.3, -0.25) is 14.0 Å². The summed E-state index contributed by atoms with van der Waals surface area (Å²) in [4.78, 5) is 25.9. The molecule has 2 heterocycles. The van der Waals surface area contributed by atoms with Crippen LogP contribution in [0.1, 0.15) is 5.56 Å². The number of anilines is 1. The van der Waals surface area contributed by atoms with E-state index in [0.29, 0.717) is 33.2 Å². The molecule has 2 aromatic heterocycles. The van der Waals surface area contributed by atoms with Crippen LogP contribution in [0.2, 0.25) is 5.02 Å². The average molecular weight is 494 g/mol. The molecule has 0 aliphatic carbocycles. The maximum Gasteiger partial charge on any atom is 0.267 e. The van der Waals surface area contributed by atoms with E-state index in [0.717, 1.165) is 5.56 Å². The van der Waals surface area contributed by atoms with E-state index in [1.807, 2.05) is 43.3 Å². The van der Waals surface area contributed by atoms with Crippen molar-refractivity contribution in [3.63, 3.8) is 0 Å². The molecule has 0 bridgehead atoms. The van der Waals surface area contributed by atoms with E-state index >= 15 is 0 Å². The van der Waals surface area contributed by atoms with Gasteiger partial charge in [-0.1, -0.05) is 53.7 Å².